The van der Waals surface area contributed by atoms with Gasteiger partial charge in [0.15, 0.2) is 0 Å². The number of amides is 4. The van der Waals surface area contributed by atoms with Crippen molar-refractivity contribution in [1.82, 2.24) is 10.2 Å². The molecule has 1 fully saturated rings. The van der Waals surface area contributed by atoms with Gasteiger partial charge in [-0.25, -0.2) is 4.79 Å². The molecule has 2 N–H and O–H groups in total. The summed E-state index contributed by atoms with van der Waals surface area (Å²) in [4.78, 5) is 62.4. The zero-order valence-corrected chi connectivity index (χ0v) is 19.8. The van der Waals surface area contributed by atoms with E-state index in [9.17, 15) is 24.0 Å². The molecule has 0 saturated carbocycles. The molecule has 2 heterocycles. The number of imide groups is 2. The summed E-state index contributed by atoms with van der Waals surface area (Å²) in [5, 5.41) is 5.42. The van der Waals surface area contributed by atoms with Gasteiger partial charge in [-0.2, -0.15) is 0 Å². The number of carbonyl (C=O) groups is 5. The molecule has 1 unspecified atom stereocenters. The van der Waals surface area contributed by atoms with Crippen LogP contribution in [0.15, 0.2) is 42.5 Å². The Kier molecular flexibility index (Phi) is 6.43. The summed E-state index contributed by atoms with van der Waals surface area (Å²) < 4.78 is 5.37. The van der Waals surface area contributed by atoms with Gasteiger partial charge < -0.3 is 10.1 Å². The highest BCUT2D eigenvalue weighted by atomic mass is 16.6. The van der Waals surface area contributed by atoms with E-state index >= 15 is 0 Å². The van der Waals surface area contributed by atoms with Crippen LogP contribution in [0.1, 0.15) is 70.3 Å². The Morgan fingerprint density at radius 3 is 2.37 bits per heavy atom. The van der Waals surface area contributed by atoms with E-state index < -0.39 is 35.3 Å². The van der Waals surface area contributed by atoms with Gasteiger partial charge in [-0.05, 0) is 69.5 Å². The van der Waals surface area contributed by atoms with Gasteiger partial charge in [0, 0.05) is 18.7 Å². The minimum Gasteiger partial charge on any atom is -0.456 e. The van der Waals surface area contributed by atoms with Crippen LogP contribution in [0.2, 0.25) is 0 Å². The number of rotatable bonds is 6. The Balaban J connectivity index is 1.37. The van der Waals surface area contributed by atoms with Crippen LogP contribution in [-0.4, -0.2) is 52.7 Å². The van der Waals surface area contributed by atoms with E-state index in [1.54, 1.807) is 30.3 Å². The number of fused-ring (bicyclic) bond motifs is 1. The number of hydrogen-bond acceptors (Lipinski definition) is 7. The number of benzene rings is 2. The SMILES string of the molecule is CC(C)(C)OC(=O)c1ccc(CCNc2ccc3c(c2)C(=O)N(C2CCC(=O)NC2=O)C3=O)cc1. The largest absolute Gasteiger partial charge is 0.456 e. The van der Waals surface area contributed by atoms with E-state index in [4.69, 9.17) is 4.74 Å². The lowest BCUT2D eigenvalue weighted by Gasteiger charge is -2.27. The zero-order valence-electron chi connectivity index (χ0n) is 19.8. The van der Waals surface area contributed by atoms with E-state index in [1.807, 2.05) is 32.9 Å². The van der Waals surface area contributed by atoms with Crippen molar-refractivity contribution in [3.8, 4) is 0 Å². The van der Waals surface area contributed by atoms with Gasteiger partial charge in [0.1, 0.15) is 11.6 Å². The van der Waals surface area contributed by atoms with Crippen LogP contribution in [0.25, 0.3) is 0 Å². The highest BCUT2D eigenvalue weighted by Crippen LogP contribution is 2.29. The molecule has 182 valence electrons. The van der Waals surface area contributed by atoms with Crippen molar-refractivity contribution in [3.63, 3.8) is 0 Å². The van der Waals surface area contributed by atoms with Crippen LogP contribution >= 0.6 is 0 Å². The number of ether oxygens (including phenoxy) is 1. The van der Waals surface area contributed by atoms with Crippen molar-refractivity contribution in [3.05, 3.63) is 64.7 Å². The van der Waals surface area contributed by atoms with Crippen LogP contribution in [0, 0.1) is 0 Å². The predicted octanol–water partition coefficient (Wildman–Crippen LogP) is 2.70. The fraction of sp³-hybridized carbons (Fsp3) is 0.346. The topological polar surface area (TPSA) is 122 Å². The van der Waals surface area contributed by atoms with Gasteiger partial charge in [-0.15, -0.1) is 0 Å². The van der Waals surface area contributed by atoms with E-state index in [1.165, 1.54) is 0 Å². The monoisotopic (exact) mass is 477 g/mol. The van der Waals surface area contributed by atoms with Crippen molar-refractivity contribution >= 4 is 35.3 Å². The second-order valence-electron chi connectivity index (χ2n) is 9.58. The lowest BCUT2D eigenvalue weighted by atomic mass is 10.0. The molecule has 2 aliphatic rings. The minimum absolute atomic E-state index is 0.0787. The summed E-state index contributed by atoms with van der Waals surface area (Å²) in [6, 6.07) is 11.1. The van der Waals surface area contributed by atoms with Crippen molar-refractivity contribution in [2.24, 2.45) is 0 Å². The molecule has 0 aliphatic carbocycles. The van der Waals surface area contributed by atoms with Gasteiger partial charge in [0.05, 0.1) is 16.7 Å². The second kappa shape index (κ2) is 9.32. The van der Waals surface area contributed by atoms with Gasteiger partial charge in [0.2, 0.25) is 11.8 Å². The maximum atomic E-state index is 12.9. The minimum atomic E-state index is -0.986. The van der Waals surface area contributed by atoms with Gasteiger partial charge >= 0.3 is 5.97 Å². The molecule has 2 aromatic rings. The average molecular weight is 478 g/mol. The molecule has 0 bridgehead atoms. The van der Waals surface area contributed by atoms with Crippen molar-refractivity contribution in [2.45, 2.75) is 51.7 Å². The molecule has 4 rings (SSSR count). The number of nitrogens with one attached hydrogen (secondary N) is 2. The zero-order chi connectivity index (χ0) is 25.3. The van der Waals surface area contributed by atoms with Crippen LogP contribution in [0.5, 0.6) is 0 Å². The summed E-state index contributed by atoms with van der Waals surface area (Å²) in [6.45, 7) is 6.02. The summed E-state index contributed by atoms with van der Waals surface area (Å²) in [5.41, 5.74) is 2.08. The number of esters is 1. The number of nitrogens with zero attached hydrogens (tertiary/aromatic N) is 1. The Labute approximate surface area is 202 Å². The van der Waals surface area contributed by atoms with E-state index in [-0.39, 0.29) is 29.9 Å². The molecule has 35 heavy (non-hydrogen) atoms. The van der Waals surface area contributed by atoms with Gasteiger partial charge in [0.25, 0.3) is 11.8 Å². The average Bonchev–Trinajstić information content (AvgIpc) is 3.03. The predicted molar refractivity (Wildman–Crippen MR) is 127 cm³/mol. The van der Waals surface area contributed by atoms with E-state index in [0.29, 0.717) is 24.2 Å². The molecule has 9 heteroatoms. The first-order valence-corrected chi connectivity index (χ1v) is 11.5. The van der Waals surface area contributed by atoms with Crippen molar-refractivity contribution in [2.75, 3.05) is 11.9 Å². The molecular formula is C26H27N3O6. The summed E-state index contributed by atoms with van der Waals surface area (Å²) in [6.07, 6.45) is 0.865. The Morgan fingerprint density at radius 2 is 1.71 bits per heavy atom. The maximum Gasteiger partial charge on any atom is 0.338 e. The van der Waals surface area contributed by atoms with Crippen LogP contribution < -0.4 is 10.6 Å². The quantitative estimate of drug-likeness (QED) is 0.485. The molecule has 0 spiro atoms. The Bertz CT molecular complexity index is 1210. The smallest absolute Gasteiger partial charge is 0.338 e. The number of piperidine rings is 1. The first kappa shape index (κ1) is 24.1. The summed E-state index contributed by atoms with van der Waals surface area (Å²) >= 11 is 0. The van der Waals surface area contributed by atoms with E-state index in [2.05, 4.69) is 10.6 Å². The second-order valence-corrected chi connectivity index (χ2v) is 9.58. The van der Waals surface area contributed by atoms with Gasteiger partial charge in [-0.3, -0.25) is 29.4 Å². The first-order valence-electron chi connectivity index (χ1n) is 11.5. The third kappa shape index (κ3) is 5.24. The molecule has 2 aliphatic heterocycles. The molecule has 0 radical (unpaired) electrons. The number of anilines is 1. The third-order valence-corrected chi connectivity index (χ3v) is 5.77. The summed E-state index contributed by atoms with van der Waals surface area (Å²) in [5.74, 6) is -2.48. The van der Waals surface area contributed by atoms with Crippen LogP contribution in [0.3, 0.4) is 0 Å². The van der Waals surface area contributed by atoms with E-state index in [0.717, 1.165) is 10.5 Å². The molecule has 9 nitrogen and oxygen atoms in total. The lowest BCUT2D eigenvalue weighted by Crippen LogP contribution is -2.54. The molecule has 1 atom stereocenters. The fourth-order valence-corrected chi connectivity index (χ4v) is 4.08. The number of carbonyl (C=O) groups excluding carboxylic acids is 5. The third-order valence-electron chi connectivity index (χ3n) is 5.77. The summed E-state index contributed by atoms with van der Waals surface area (Å²) in [7, 11) is 0. The highest BCUT2D eigenvalue weighted by molar-refractivity contribution is 6.23. The lowest BCUT2D eigenvalue weighted by molar-refractivity contribution is -0.136. The molecular weight excluding hydrogens is 450 g/mol. The molecule has 1 saturated heterocycles. The Morgan fingerprint density at radius 1 is 1.03 bits per heavy atom. The molecule has 2 aromatic carbocycles. The molecule has 0 aromatic heterocycles. The standard InChI is InChI=1S/C26H27N3O6/c1-26(2,3)35-25(34)16-6-4-15(5-7-16)12-13-27-17-8-9-18-19(14-17)24(33)29(23(18)32)20-10-11-21(30)28-22(20)31/h4-9,14,20,27H,10-13H2,1-3H3,(H,28,30,31). The van der Waals surface area contributed by atoms with Crippen LogP contribution in [0.4, 0.5) is 5.69 Å². The van der Waals surface area contributed by atoms with Gasteiger partial charge in [-0.1, -0.05) is 12.1 Å². The van der Waals surface area contributed by atoms with Crippen LogP contribution in [-0.2, 0) is 20.7 Å². The highest BCUT2D eigenvalue weighted by Gasteiger charge is 2.44. The first-order chi connectivity index (χ1) is 16.5. The van der Waals surface area contributed by atoms with Crippen molar-refractivity contribution in [1.29, 1.82) is 0 Å². The number of hydrogen-bond donors (Lipinski definition) is 2. The molecule has 4 amide bonds. The normalized spacial score (nSPS) is 17.8. The maximum absolute atomic E-state index is 12.9. The fourth-order valence-electron chi connectivity index (χ4n) is 4.08. The Hall–Kier alpha value is -4.01. The van der Waals surface area contributed by atoms with Crippen molar-refractivity contribution < 1.29 is 28.7 Å².